The van der Waals surface area contributed by atoms with Crippen LogP contribution in [0.1, 0.15) is 64.9 Å². The highest BCUT2D eigenvalue weighted by atomic mass is 19.1. The van der Waals surface area contributed by atoms with Crippen molar-refractivity contribution >= 4 is 27.5 Å². The lowest BCUT2D eigenvalue weighted by Gasteiger charge is -2.31. The molecule has 0 amide bonds. The lowest BCUT2D eigenvalue weighted by atomic mass is 9.95. The molecule has 214 valence electrons. The zero-order chi connectivity index (χ0) is 29.2. The van der Waals surface area contributed by atoms with E-state index in [9.17, 15) is 0 Å². The van der Waals surface area contributed by atoms with Gasteiger partial charge in [-0.3, -0.25) is 9.88 Å². The van der Waals surface area contributed by atoms with E-state index < -0.39 is 11.4 Å². The maximum absolute atomic E-state index is 15.9. The van der Waals surface area contributed by atoms with Crippen LogP contribution in [0.15, 0.2) is 42.6 Å². The average Bonchev–Trinajstić information content (AvgIpc) is 3.52. The second-order valence-corrected chi connectivity index (χ2v) is 11.7. The number of halogens is 1. The molecule has 0 spiro atoms. The molecule has 0 bridgehead atoms. The van der Waals surface area contributed by atoms with E-state index in [2.05, 4.69) is 32.7 Å². The number of nitrogens with zero attached hydrogens (tertiary/aromatic N) is 4. The quantitative estimate of drug-likeness (QED) is 0.277. The molecule has 6 rings (SSSR count). The Morgan fingerprint density at radius 2 is 1.85 bits per heavy atom. The third-order valence-corrected chi connectivity index (χ3v) is 8.15. The Kier molecular flexibility index (Phi) is 8.12. The van der Waals surface area contributed by atoms with Crippen molar-refractivity contribution in [3.05, 3.63) is 54.0 Å². The van der Waals surface area contributed by atoms with Crippen LogP contribution in [-0.4, -0.2) is 55.8 Å². The van der Waals surface area contributed by atoms with E-state index in [1.54, 1.807) is 0 Å². The van der Waals surface area contributed by atoms with E-state index in [0.29, 0.717) is 23.1 Å². The largest absolute Gasteiger partial charge is 0.461 e. The van der Waals surface area contributed by atoms with E-state index in [4.69, 9.17) is 22.0 Å². The topological polar surface area (TPSA) is 97.4 Å². The van der Waals surface area contributed by atoms with Crippen molar-refractivity contribution in [1.29, 1.82) is 0 Å². The smallest absolute Gasteiger partial charge is 0.319 e. The van der Waals surface area contributed by atoms with Gasteiger partial charge < -0.3 is 15.6 Å². The van der Waals surface area contributed by atoms with E-state index in [1.165, 1.54) is 19.0 Å². The molecule has 7 nitrogen and oxygen atoms in total. The first-order chi connectivity index (χ1) is 19.7. The summed E-state index contributed by atoms with van der Waals surface area (Å²) >= 11 is 0. The summed E-state index contributed by atoms with van der Waals surface area (Å²) in [5.74, 6) is 2.27. The zero-order valence-corrected chi connectivity index (χ0v) is 24.1. The third kappa shape index (κ3) is 5.83. The summed E-state index contributed by atoms with van der Waals surface area (Å²) in [6, 6.07) is 11.4. The van der Waals surface area contributed by atoms with Gasteiger partial charge in [0.05, 0.1) is 16.5 Å². The number of rotatable bonds is 6. The third-order valence-electron chi connectivity index (χ3n) is 8.15. The van der Waals surface area contributed by atoms with Crippen LogP contribution in [0.4, 0.5) is 10.2 Å². The van der Waals surface area contributed by atoms with Gasteiger partial charge in [-0.2, -0.15) is 9.97 Å². The van der Waals surface area contributed by atoms with Gasteiger partial charge >= 0.3 is 6.01 Å². The molecule has 41 heavy (non-hydrogen) atoms. The molecule has 8 heteroatoms. The summed E-state index contributed by atoms with van der Waals surface area (Å²) in [6.07, 6.45) is 13.7. The SMILES string of the molecule is C#Cc1cccc2cccc(-c3ncc4c(N)nc(OCC56CCCN5CCC6)nc4c3F)c12.CCCC(C)(C)O. The Hall–Kier alpha value is -3.80. The maximum Gasteiger partial charge on any atom is 0.319 e. The average molecular weight is 556 g/mol. The van der Waals surface area contributed by atoms with Gasteiger partial charge in [0.2, 0.25) is 0 Å². The van der Waals surface area contributed by atoms with Crippen LogP contribution in [0.3, 0.4) is 0 Å². The predicted octanol–water partition coefficient (Wildman–Crippen LogP) is 6.11. The number of benzene rings is 2. The van der Waals surface area contributed by atoms with Crippen LogP contribution in [0, 0.1) is 18.2 Å². The lowest BCUT2D eigenvalue weighted by molar-refractivity contribution is 0.0703. The standard InChI is InChI=1S/C27H24FN5O.C6H14O/c1-2-17-7-3-8-18-9-4-10-19(21(17)18)23-22(28)24-20(15-30-23)25(29)32-26(31-24)34-16-27-11-5-13-33(27)14-6-12-27;1-4-5-6(2,3)7/h1,3-4,7-10,15H,5-6,11-14,16H2,(H2,29,31,32);7H,4-5H2,1-3H3. The summed E-state index contributed by atoms with van der Waals surface area (Å²) in [4.78, 5) is 15.6. The molecule has 2 saturated heterocycles. The molecule has 4 heterocycles. The number of hydrogen-bond acceptors (Lipinski definition) is 7. The minimum atomic E-state index is -0.572. The summed E-state index contributed by atoms with van der Waals surface area (Å²) in [5, 5.41) is 11.1. The number of nitrogen functional groups attached to an aromatic ring is 1. The number of aromatic nitrogens is 3. The molecule has 0 saturated carbocycles. The summed E-state index contributed by atoms with van der Waals surface area (Å²) in [5.41, 5.74) is 7.29. The zero-order valence-electron chi connectivity index (χ0n) is 24.1. The summed E-state index contributed by atoms with van der Waals surface area (Å²) < 4.78 is 21.9. The molecule has 2 fully saturated rings. The number of anilines is 1. The molecular formula is C33H38FN5O2. The number of nitrogens with two attached hydrogens (primary N) is 1. The molecule has 4 aromatic rings. The normalized spacial score (nSPS) is 16.3. The van der Waals surface area contributed by atoms with Gasteiger partial charge in [-0.15, -0.1) is 6.42 Å². The van der Waals surface area contributed by atoms with Crippen LogP contribution in [0.5, 0.6) is 6.01 Å². The number of ether oxygens (including phenoxy) is 1. The Bertz CT molecular complexity index is 1590. The second kappa shape index (κ2) is 11.6. The fourth-order valence-electron chi connectivity index (χ4n) is 6.24. The van der Waals surface area contributed by atoms with Gasteiger partial charge in [0.25, 0.3) is 0 Å². The highest BCUT2D eigenvalue weighted by molar-refractivity contribution is 6.01. The van der Waals surface area contributed by atoms with Gasteiger partial charge in [0.1, 0.15) is 23.6 Å². The monoisotopic (exact) mass is 555 g/mol. The first-order valence-electron chi connectivity index (χ1n) is 14.4. The van der Waals surface area contributed by atoms with Crippen molar-refractivity contribution in [2.24, 2.45) is 0 Å². The summed E-state index contributed by atoms with van der Waals surface area (Å²) in [7, 11) is 0. The Morgan fingerprint density at radius 1 is 1.15 bits per heavy atom. The van der Waals surface area contributed by atoms with Crippen molar-refractivity contribution < 1.29 is 14.2 Å². The summed E-state index contributed by atoms with van der Waals surface area (Å²) in [6.45, 7) is 8.40. The number of hydrogen-bond donors (Lipinski definition) is 2. The highest BCUT2D eigenvalue weighted by Crippen LogP contribution is 2.39. The van der Waals surface area contributed by atoms with Crippen molar-refractivity contribution in [3.63, 3.8) is 0 Å². The van der Waals surface area contributed by atoms with Gasteiger partial charge in [-0.1, -0.05) is 49.6 Å². The first kappa shape index (κ1) is 28.7. The van der Waals surface area contributed by atoms with Crippen LogP contribution in [-0.2, 0) is 0 Å². The van der Waals surface area contributed by atoms with Crippen molar-refractivity contribution in [2.75, 3.05) is 25.4 Å². The van der Waals surface area contributed by atoms with Gasteiger partial charge in [0.15, 0.2) is 5.82 Å². The van der Waals surface area contributed by atoms with Gasteiger partial charge in [0, 0.05) is 22.7 Å². The van der Waals surface area contributed by atoms with Crippen molar-refractivity contribution in [3.8, 4) is 29.6 Å². The molecule has 0 atom stereocenters. The van der Waals surface area contributed by atoms with E-state index in [0.717, 1.165) is 49.5 Å². The molecule has 2 aromatic heterocycles. The van der Waals surface area contributed by atoms with Gasteiger partial charge in [-0.05, 0) is 70.5 Å². The molecule has 2 aliphatic rings. The molecule has 0 radical (unpaired) electrons. The van der Waals surface area contributed by atoms with Crippen LogP contribution in [0.25, 0.3) is 32.9 Å². The Labute approximate surface area is 241 Å². The Morgan fingerprint density at radius 3 is 2.49 bits per heavy atom. The second-order valence-electron chi connectivity index (χ2n) is 11.7. The fourth-order valence-corrected chi connectivity index (χ4v) is 6.24. The molecule has 2 aromatic carbocycles. The number of pyridine rings is 1. The first-order valence-corrected chi connectivity index (χ1v) is 14.4. The molecule has 0 aliphatic carbocycles. The van der Waals surface area contributed by atoms with Crippen molar-refractivity contribution in [1.82, 2.24) is 19.9 Å². The minimum absolute atomic E-state index is 0.0314. The van der Waals surface area contributed by atoms with E-state index >= 15 is 4.39 Å². The van der Waals surface area contributed by atoms with Gasteiger partial charge in [-0.25, -0.2) is 4.39 Å². The van der Waals surface area contributed by atoms with Crippen LogP contribution in [0.2, 0.25) is 0 Å². The molecule has 0 unspecified atom stereocenters. The number of aliphatic hydroxyl groups is 1. The van der Waals surface area contributed by atoms with Crippen molar-refractivity contribution in [2.45, 2.75) is 70.4 Å². The highest BCUT2D eigenvalue weighted by Gasteiger charge is 2.45. The fraction of sp³-hybridized carbons (Fsp3) is 0.424. The molecule has 2 aliphatic heterocycles. The predicted molar refractivity (Wildman–Crippen MR) is 162 cm³/mol. The number of terminal acetylenes is 1. The number of fused-ring (bicyclic) bond motifs is 3. The Balaban J connectivity index is 0.000000431. The molecule has 3 N–H and O–H groups in total. The van der Waals surface area contributed by atoms with E-state index in [-0.39, 0.29) is 28.6 Å². The minimum Gasteiger partial charge on any atom is -0.461 e. The van der Waals surface area contributed by atoms with E-state index in [1.807, 2.05) is 50.2 Å². The lowest BCUT2D eigenvalue weighted by Crippen LogP contribution is -2.43. The molecular weight excluding hydrogens is 517 g/mol. The van der Waals surface area contributed by atoms with Crippen LogP contribution >= 0.6 is 0 Å². The van der Waals surface area contributed by atoms with Crippen LogP contribution < -0.4 is 10.5 Å². The maximum atomic E-state index is 15.9.